The van der Waals surface area contributed by atoms with Crippen molar-refractivity contribution in [1.82, 2.24) is 0 Å². The lowest BCUT2D eigenvalue weighted by atomic mass is 9.89. The Labute approximate surface area is 90.9 Å². The lowest BCUT2D eigenvalue weighted by Crippen LogP contribution is -2.42. The Kier molecular flexibility index (Phi) is 2.36. The summed E-state index contributed by atoms with van der Waals surface area (Å²) in [7, 11) is 0. The van der Waals surface area contributed by atoms with Crippen LogP contribution in [0.15, 0.2) is 12.1 Å². The third-order valence-electron chi connectivity index (χ3n) is 3.02. The van der Waals surface area contributed by atoms with Crippen LogP contribution in [-0.4, -0.2) is 13.2 Å². The van der Waals surface area contributed by atoms with Crippen molar-refractivity contribution < 1.29 is 4.74 Å². The number of benzene rings is 1. The average molecular weight is 208 g/mol. The van der Waals surface area contributed by atoms with E-state index in [-0.39, 0.29) is 4.75 Å². The van der Waals surface area contributed by atoms with Crippen molar-refractivity contribution in [3.8, 4) is 0 Å². The van der Waals surface area contributed by atoms with Crippen molar-refractivity contribution in [3.63, 3.8) is 0 Å². The van der Waals surface area contributed by atoms with Gasteiger partial charge in [0.25, 0.3) is 0 Å². The lowest BCUT2D eigenvalue weighted by Gasteiger charge is -2.38. The third-order valence-corrected chi connectivity index (χ3v) is 3.52. The minimum absolute atomic E-state index is 0.0391. The zero-order valence-electron chi connectivity index (χ0n) is 8.92. The fourth-order valence-corrected chi connectivity index (χ4v) is 2.34. The second-order valence-electron chi connectivity index (χ2n) is 4.28. The van der Waals surface area contributed by atoms with Crippen LogP contribution in [-0.2, 0) is 9.48 Å². The molecule has 0 radical (unpaired) electrons. The Bertz CT molecular complexity index is 367. The number of aryl methyl sites for hydroxylation is 3. The number of rotatable bonds is 1. The van der Waals surface area contributed by atoms with E-state index in [0.717, 1.165) is 13.2 Å². The van der Waals surface area contributed by atoms with E-state index in [1.54, 1.807) is 0 Å². The fourth-order valence-electron chi connectivity index (χ4n) is 1.91. The molecule has 1 aliphatic rings. The molecule has 1 nitrogen and oxygen atoms in total. The zero-order valence-corrected chi connectivity index (χ0v) is 9.82. The highest BCUT2D eigenvalue weighted by molar-refractivity contribution is 7.81. The van der Waals surface area contributed by atoms with E-state index in [4.69, 9.17) is 4.74 Å². The standard InChI is InChI=1S/C12H16OS/c1-8-4-10(3)11(5-9(8)2)12(14)6-13-7-12/h4-5,14H,6-7H2,1-3H3. The summed E-state index contributed by atoms with van der Waals surface area (Å²) < 4.78 is 5.20. The molecule has 2 heteroatoms. The summed E-state index contributed by atoms with van der Waals surface area (Å²) in [5.74, 6) is 0. The second kappa shape index (κ2) is 3.28. The van der Waals surface area contributed by atoms with Crippen LogP contribution in [0.1, 0.15) is 22.3 Å². The zero-order chi connectivity index (χ0) is 10.3. The van der Waals surface area contributed by atoms with Crippen LogP contribution in [0.4, 0.5) is 0 Å². The van der Waals surface area contributed by atoms with Crippen LogP contribution >= 0.6 is 12.6 Å². The van der Waals surface area contributed by atoms with Gasteiger partial charge in [0, 0.05) is 0 Å². The van der Waals surface area contributed by atoms with Gasteiger partial charge in [0.15, 0.2) is 0 Å². The Balaban J connectivity index is 2.48. The first-order valence-corrected chi connectivity index (χ1v) is 5.36. The van der Waals surface area contributed by atoms with Gasteiger partial charge in [-0.05, 0) is 43.0 Å². The Hall–Kier alpha value is -0.470. The molecule has 0 bridgehead atoms. The highest BCUT2D eigenvalue weighted by Gasteiger charge is 2.37. The fraction of sp³-hybridized carbons (Fsp3) is 0.500. The summed E-state index contributed by atoms with van der Waals surface area (Å²) in [6.45, 7) is 7.92. The van der Waals surface area contributed by atoms with Crippen molar-refractivity contribution in [2.45, 2.75) is 25.5 Å². The van der Waals surface area contributed by atoms with E-state index in [2.05, 4.69) is 45.5 Å². The predicted octanol–water partition coefficient (Wildman–Crippen LogP) is 2.77. The molecule has 76 valence electrons. The molecular formula is C12H16OS. The minimum atomic E-state index is -0.0391. The van der Waals surface area contributed by atoms with Crippen molar-refractivity contribution in [2.24, 2.45) is 0 Å². The minimum Gasteiger partial charge on any atom is -0.378 e. The summed E-state index contributed by atoms with van der Waals surface area (Å²) in [6, 6.07) is 4.49. The van der Waals surface area contributed by atoms with Crippen LogP contribution in [0.25, 0.3) is 0 Å². The van der Waals surface area contributed by atoms with Crippen LogP contribution < -0.4 is 0 Å². The molecule has 2 rings (SSSR count). The average Bonchev–Trinajstić information content (AvgIpc) is 2.07. The molecule has 1 heterocycles. The second-order valence-corrected chi connectivity index (χ2v) is 5.13. The highest BCUT2D eigenvalue weighted by atomic mass is 32.1. The van der Waals surface area contributed by atoms with Gasteiger partial charge in [-0.3, -0.25) is 0 Å². The van der Waals surface area contributed by atoms with Crippen molar-refractivity contribution in [2.75, 3.05) is 13.2 Å². The monoisotopic (exact) mass is 208 g/mol. The number of ether oxygens (including phenoxy) is 1. The summed E-state index contributed by atoms with van der Waals surface area (Å²) in [5.41, 5.74) is 5.34. The van der Waals surface area contributed by atoms with Crippen molar-refractivity contribution in [1.29, 1.82) is 0 Å². The molecule has 1 aromatic carbocycles. The first-order chi connectivity index (χ1) is 6.53. The van der Waals surface area contributed by atoms with Gasteiger partial charge in [0.2, 0.25) is 0 Å². The largest absolute Gasteiger partial charge is 0.378 e. The first kappa shape index (κ1) is 10.1. The van der Waals surface area contributed by atoms with Crippen LogP contribution in [0.3, 0.4) is 0 Å². The molecule has 1 aromatic rings. The molecule has 1 fully saturated rings. The Morgan fingerprint density at radius 1 is 1.07 bits per heavy atom. The van der Waals surface area contributed by atoms with Gasteiger partial charge in [-0.25, -0.2) is 0 Å². The number of hydrogen-bond acceptors (Lipinski definition) is 2. The van der Waals surface area contributed by atoms with Crippen LogP contribution in [0.5, 0.6) is 0 Å². The van der Waals surface area contributed by atoms with E-state index in [9.17, 15) is 0 Å². The van der Waals surface area contributed by atoms with Gasteiger partial charge in [-0.2, -0.15) is 12.6 Å². The van der Waals surface area contributed by atoms with E-state index in [1.165, 1.54) is 22.3 Å². The molecule has 14 heavy (non-hydrogen) atoms. The van der Waals surface area contributed by atoms with Crippen molar-refractivity contribution >= 4 is 12.6 Å². The highest BCUT2D eigenvalue weighted by Crippen LogP contribution is 2.38. The van der Waals surface area contributed by atoms with E-state index < -0.39 is 0 Å². The number of hydrogen-bond donors (Lipinski definition) is 1. The maximum atomic E-state index is 5.24. The SMILES string of the molecule is Cc1cc(C)c(C2(S)COC2)cc1C. The summed E-state index contributed by atoms with van der Waals surface area (Å²) in [4.78, 5) is 0. The van der Waals surface area contributed by atoms with E-state index >= 15 is 0 Å². The Morgan fingerprint density at radius 3 is 2.14 bits per heavy atom. The molecule has 0 spiro atoms. The molecule has 1 saturated heterocycles. The van der Waals surface area contributed by atoms with E-state index in [0.29, 0.717) is 0 Å². The molecule has 0 saturated carbocycles. The topological polar surface area (TPSA) is 9.23 Å². The van der Waals surface area contributed by atoms with Crippen LogP contribution in [0, 0.1) is 20.8 Å². The molecule has 0 amide bonds. The maximum Gasteiger partial charge on any atom is 0.0847 e. The molecular weight excluding hydrogens is 192 g/mol. The number of thiol groups is 1. The van der Waals surface area contributed by atoms with Gasteiger partial charge in [0.1, 0.15) is 0 Å². The molecule has 0 N–H and O–H groups in total. The van der Waals surface area contributed by atoms with Gasteiger partial charge >= 0.3 is 0 Å². The molecule has 0 aromatic heterocycles. The smallest absolute Gasteiger partial charge is 0.0847 e. The Morgan fingerprint density at radius 2 is 1.64 bits per heavy atom. The maximum absolute atomic E-state index is 5.24. The first-order valence-electron chi connectivity index (χ1n) is 4.91. The van der Waals surface area contributed by atoms with Gasteiger partial charge in [0.05, 0.1) is 18.0 Å². The van der Waals surface area contributed by atoms with Crippen molar-refractivity contribution in [3.05, 3.63) is 34.4 Å². The molecule has 0 aliphatic carbocycles. The van der Waals surface area contributed by atoms with Gasteiger partial charge in [-0.1, -0.05) is 12.1 Å². The molecule has 0 unspecified atom stereocenters. The quantitative estimate of drug-likeness (QED) is 0.698. The lowest BCUT2D eigenvalue weighted by molar-refractivity contribution is -0.00998. The predicted molar refractivity (Wildman–Crippen MR) is 62.1 cm³/mol. The van der Waals surface area contributed by atoms with Gasteiger partial charge in [-0.15, -0.1) is 0 Å². The van der Waals surface area contributed by atoms with E-state index in [1.807, 2.05) is 0 Å². The summed E-state index contributed by atoms with van der Waals surface area (Å²) in [6.07, 6.45) is 0. The van der Waals surface area contributed by atoms with Gasteiger partial charge < -0.3 is 4.74 Å². The normalized spacial score (nSPS) is 19.1. The molecule has 1 aliphatic heterocycles. The molecule has 0 atom stereocenters. The summed E-state index contributed by atoms with van der Waals surface area (Å²) >= 11 is 4.69. The van der Waals surface area contributed by atoms with Crippen LogP contribution in [0.2, 0.25) is 0 Å². The summed E-state index contributed by atoms with van der Waals surface area (Å²) in [5, 5.41) is 0. The third kappa shape index (κ3) is 1.47.